The van der Waals surface area contributed by atoms with E-state index in [1.807, 2.05) is 17.8 Å². The first-order chi connectivity index (χ1) is 7.54. The molecule has 0 aliphatic rings. The summed E-state index contributed by atoms with van der Waals surface area (Å²) in [5.41, 5.74) is 0.910. The Balaban J connectivity index is 2.68. The fourth-order valence-corrected chi connectivity index (χ4v) is 1.82. The Labute approximate surface area is 103 Å². The highest BCUT2D eigenvalue weighted by molar-refractivity contribution is 6.31. The Morgan fingerprint density at radius 2 is 2.19 bits per heavy atom. The van der Waals surface area contributed by atoms with Crippen molar-refractivity contribution >= 4 is 11.6 Å². The van der Waals surface area contributed by atoms with Crippen molar-refractivity contribution in [2.45, 2.75) is 52.6 Å². The number of rotatable bonds is 6. The first kappa shape index (κ1) is 13.5. The number of nitrogens with zero attached hydrogens (tertiary/aromatic N) is 2. The molecule has 0 fully saturated rings. The average Bonchev–Trinajstić information content (AvgIpc) is 2.53. The van der Waals surface area contributed by atoms with E-state index in [1.165, 1.54) is 0 Å². The third kappa shape index (κ3) is 3.80. The summed E-state index contributed by atoms with van der Waals surface area (Å²) < 4.78 is 2.00. The van der Waals surface area contributed by atoms with Crippen LogP contribution in [0.3, 0.4) is 0 Å². The van der Waals surface area contributed by atoms with Gasteiger partial charge in [0.2, 0.25) is 0 Å². The van der Waals surface area contributed by atoms with E-state index >= 15 is 0 Å². The maximum Gasteiger partial charge on any atom is 0.0815 e. The van der Waals surface area contributed by atoms with Crippen LogP contribution in [0.15, 0.2) is 6.20 Å². The van der Waals surface area contributed by atoms with Crippen LogP contribution in [0.4, 0.5) is 0 Å². The van der Waals surface area contributed by atoms with E-state index in [0.29, 0.717) is 12.1 Å². The fraction of sp³-hybridized carbons (Fsp3) is 0.750. The molecule has 1 heterocycles. The quantitative estimate of drug-likeness (QED) is 0.832. The van der Waals surface area contributed by atoms with Crippen LogP contribution in [0.2, 0.25) is 5.02 Å². The molecule has 0 bridgehead atoms. The zero-order valence-corrected chi connectivity index (χ0v) is 11.4. The topological polar surface area (TPSA) is 29.9 Å². The molecule has 0 spiro atoms. The van der Waals surface area contributed by atoms with Gasteiger partial charge in [-0.1, -0.05) is 38.8 Å². The molecule has 1 rings (SSSR count). The summed E-state index contributed by atoms with van der Waals surface area (Å²) in [7, 11) is 0. The molecule has 0 radical (unpaired) electrons. The summed E-state index contributed by atoms with van der Waals surface area (Å²) in [6, 6.07) is 0.907. The molecule has 1 aromatic rings. The van der Waals surface area contributed by atoms with Gasteiger partial charge < -0.3 is 5.32 Å². The van der Waals surface area contributed by atoms with Gasteiger partial charge in [0.1, 0.15) is 0 Å². The van der Waals surface area contributed by atoms with Gasteiger partial charge in [0.05, 0.1) is 16.8 Å². The Morgan fingerprint density at radius 1 is 1.50 bits per heavy atom. The highest BCUT2D eigenvalue weighted by Crippen LogP contribution is 2.18. The van der Waals surface area contributed by atoms with Crippen LogP contribution in [-0.2, 0) is 0 Å². The zero-order valence-electron chi connectivity index (χ0n) is 10.6. The highest BCUT2D eigenvalue weighted by Gasteiger charge is 2.13. The largest absolute Gasteiger partial charge is 0.312 e. The predicted molar refractivity (Wildman–Crippen MR) is 69.1 cm³/mol. The number of nitrogens with one attached hydrogen (secondary N) is 1. The van der Waals surface area contributed by atoms with Gasteiger partial charge in [0.25, 0.3) is 0 Å². The van der Waals surface area contributed by atoms with Crippen LogP contribution in [0.25, 0.3) is 0 Å². The molecule has 1 N–H and O–H groups in total. The predicted octanol–water partition coefficient (Wildman–Crippen LogP) is 3.18. The summed E-state index contributed by atoms with van der Waals surface area (Å²) in [6.45, 7) is 9.40. The maximum absolute atomic E-state index is 6.03. The van der Waals surface area contributed by atoms with Crippen molar-refractivity contribution in [1.29, 1.82) is 0 Å². The lowest BCUT2D eigenvalue weighted by Crippen LogP contribution is -2.30. The first-order valence-corrected chi connectivity index (χ1v) is 6.37. The molecular formula is C12H22ClN3. The average molecular weight is 244 g/mol. The van der Waals surface area contributed by atoms with Gasteiger partial charge >= 0.3 is 0 Å². The molecule has 1 unspecified atom stereocenters. The van der Waals surface area contributed by atoms with Crippen molar-refractivity contribution in [3.8, 4) is 0 Å². The monoisotopic (exact) mass is 243 g/mol. The van der Waals surface area contributed by atoms with E-state index < -0.39 is 0 Å². The maximum atomic E-state index is 6.03. The molecular weight excluding hydrogens is 222 g/mol. The van der Waals surface area contributed by atoms with Gasteiger partial charge in [-0.25, -0.2) is 0 Å². The van der Waals surface area contributed by atoms with Crippen LogP contribution in [0.1, 0.15) is 45.3 Å². The van der Waals surface area contributed by atoms with Crippen LogP contribution in [-0.4, -0.2) is 22.4 Å². The minimum absolute atomic E-state index is 0.401. The number of halogens is 1. The molecule has 0 aliphatic heterocycles. The minimum Gasteiger partial charge on any atom is -0.312 e. The van der Waals surface area contributed by atoms with Gasteiger partial charge in [-0.05, 0) is 13.3 Å². The summed E-state index contributed by atoms with van der Waals surface area (Å²) in [5.74, 6) is 0. The number of hydrogen-bond acceptors (Lipinski definition) is 2. The summed E-state index contributed by atoms with van der Waals surface area (Å²) in [5, 5.41) is 8.66. The molecule has 92 valence electrons. The van der Waals surface area contributed by atoms with Gasteiger partial charge in [-0.2, -0.15) is 5.10 Å². The van der Waals surface area contributed by atoms with Crippen LogP contribution in [0, 0.1) is 6.92 Å². The Kier molecular flexibility index (Phi) is 5.29. The van der Waals surface area contributed by atoms with E-state index in [0.717, 1.165) is 30.1 Å². The molecule has 0 saturated carbocycles. The van der Waals surface area contributed by atoms with Crippen LogP contribution >= 0.6 is 11.6 Å². The standard InChI is InChI=1S/C12H22ClN3/c1-5-6-11(7-14-9(2)3)16-8-12(13)10(4)15-16/h8-9,11,14H,5-7H2,1-4H3. The molecule has 1 aromatic heterocycles. The normalized spacial score (nSPS) is 13.4. The molecule has 4 heteroatoms. The molecule has 1 atom stereocenters. The fourth-order valence-electron chi connectivity index (χ4n) is 1.68. The second-order valence-corrected chi connectivity index (χ2v) is 4.96. The van der Waals surface area contributed by atoms with Crippen molar-refractivity contribution in [3.63, 3.8) is 0 Å². The lowest BCUT2D eigenvalue weighted by Gasteiger charge is -2.19. The van der Waals surface area contributed by atoms with Gasteiger partial charge in [-0.15, -0.1) is 0 Å². The number of aromatic nitrogens is 2. The molecule has 0 saturated heterocycles. The molecule has 0 amide bonds. The highest BCUT2D eigenvalue weighted by atomic mass is 35.5. The smallest absolute Gasteiger partial charge is 0.0815 e. The zero-order chi connectivity index (χ0) is 12.1. The third-order valence-electron chi connectivity index (χ3n) is 2.61. The van der Waals surface area contributed by atoms with E-state index in [-0.39, 0.29) is 0 Å². The van der Waals surface area contributed by atoms with Gasteiger partial charge in [0.15, 0.2) is 0 Å². The summed E-state index contributed by atoms with van der Waals surface area (Å²) in [6.07, 6.45) is 4.21. The van der Waals surface area contributed by atoms with E-state index in [9.17, 15) is 0 Å². The van der Waals surface area contributed by atoms with Gasteiger partial charge in [0, 0.05) is 18.8 Å². The number of aryl methyl sites for hydroxylation is 1. The van der Waals surface area contributed by atoms with Crippen molar-refractivity contribution in [2.75, 3.05) is 6.54 Å². The lowest BCUT2D eigenvalue weighted by atomic mass is 10.1. The third-order valence-corrected chi connectivity index (χ3v) is 2.99. The first-order valence-electron chi connectivity index (χ1n) is 5.99. The molecule has 0 aromatic carbocycles. The molecule has 16 heavy (non-hydrogen) atoms. The van der Waals surface area contributed by atoms with Crippen LogP contribution in [0.5, 0.6) is 0 Å². The Hall–Kier alpha value is -0.540. The van der Waals surface area contributed by atoms with Crippen molar-refractivity contribution < 1.29 is 0 Å². The summed E-state index contributed by atoms with van der Waals surface area (Å²) in [4.78, 5) is 0. The Morgan fingerprint density at radius 3 is 2.62 bits per heavy atom. The lowest BCUT2D eigenvalue weighted by molar-refractivity contribution is 0.381. The SMILES string of the molecule is CCCC(CNC(C)C)n1cc(Cl)c(C)n1. The second kappa shape index (κ2) is 6.26. The van der Waals surface area contributed by atoms with Crippen molar-refractivity contribution in [2.24, 2.45) is 0 Å². The van der Waals surface area contributed by atoms with Crippen LogP contribution < -0.4 is 5.32 Å². The molecule has 3 nitrogen and oxygen atoms in total. The Bertz CT molecular complexity index is 301. The van der Waals surface area contributed by atoms with Gasteiger partial charge in [-0.3, -0.25) is 4.68 Å². The van der Waals surface area contributed by atoms with E-state index in [1.54, 1.807) is 0 Å². The van der Waals surface area contributed by atoms with E-state index in [4.69, 9.17) is 11.6 Å². The second-order valence-electron chi connectivity index (χ2n) is 4.55. The number of hydrogen-bond donors (Lipinski definition) is 1. The summed E-state index contributed by atoms with van der Waals surface area (Å²) >= 11 is 6.03. The molecule has 0 aliphatic carbocycles. The van der Waals surface area contributed by atoms with E-state index in [2.05, 4.69) is 31.2 Å². The van der Waals surface area contributed by atoms with Crippen molar-refractivity contribution in [1.82, 2.24) is 15.1 Å². The van der Waals surface area contributed by atoms with Crippen molar-refractivity contribution in [3.05, 3.63) is 16.9 Å². The minimum atomic E-state index is 0.401.